The maximum atomic E-state index is 14.5. The van der Waals surface area contributed by atoms with Crippen molar-refractivity contribution < 1.29 is 13.5 Å². The molecule has 0 bridgehead atoms. The third kappa shape index (κ3) is 2.75. The van der Waals surface area contributed by atoms with Crippen molar-refractivity contribution in [2.45, 2.75) is 12.2 Å². The predicted molar refractivity (Wildman–Crippen MR) is 121 cm³/mol. The summed E-state index contributed by atoms with van der Waals surface area (Å²) in [5, 5.41) is 4.78. The number of halogens is 2. The molecule has 0 unspecified atom stereocenters. The molecule has 0 aliphatic carbocycles. The van der Waals surface area contributed by atoms with Gasteiger partial charge in [-0.1, -0.05) is 66.2 Å². The molecule has 6 heteroatoms. The fourth-order valence-corrected chi connectivity index (χ4v) is 6.81. The molecule has 0 radical (unpaired) electrons. The smallest absolute Gasteiger partial charge is 0.306 e. The lowest BCUT2D eigenvalue weighted by molar-refractivity contribution is 0.490. The minimum absolute atomic E-state index is 0.00389. The second-order valence-electron chi connectivity index (χ2n) is 7.47. The van der Waals surface area contributed by atoms with E-state index in [-0.39, 0.29) is 5.02 Å². The van der Waals surface area contributed by atoms with Crippen LogP contribution < -0.4 is 15.1 Å². The number of nitrogens with one attached hydrogen (secondary N) is 1. The summed E-state index contributed by atoms with van der Waals surface area (Å²) in [6, 6.07) is 25.3. The molecule has 5 rings (SSSR count). The van der Waals surface area contributed by atoms with Crippen LogP contribution in [0.15, 0.2) is 84.9 Å². The summed E-state index contributed by atoms with van der Waals surface area (Å²) in [7, 11) is -3.47. The quantitative estimate of drug-likeness (QED) is 0.354. The second-order valence-corrected chi connectivity index (χ2v) is 10.6. The maximum Gasteiger partial charge on any atom is 0.306 e. The normalized spacial score (nSPS) is 22.5. The highest BCUT2D eigenvalue weighted by molar-refractivity contribution is 7.69. The Kier molecular flexibility index (Phi) is 4.39. The molecular weight excluding hydrogens is 420 g/mol. The number of anilines is 1. The van der Waals surface area contributed by atoms with Gasteiger partial charge in [-0.05, 0) is 42.6 Å². The molecule has 1 aliphatic rings. The van der Waals surface area contributed by atoms with Gasteiger partial charge in [0.15, 0.2) is 5.28 Å². The van der Waals surface area contributed by atoms with Crippen LogP contribution in [0.3, 0.4) is 0 Å². The lowest BCUT2D eigenvalue weighted by Gasteiger charge is -2.32. The lowest BCUT2D eigenvalue weighted by Crippen LogP contribution is -2.33. The van der Waals surface area contributed by atoms with Crippen molar-refractivity contribution in [1.82, 2.24) is 0 Å². The fourth-order valence-electron chi connectivity index (χ4n) is 4.03. The summed E-state index contributed by atoms with van der Waals surface area (Å²) < 4.78 is 34.6. The van der Waals surface area contributed by atoms with Crippen molar-refractivity contribution in [1.29, 1.82) is 0 Å². The highest BCUT2D eigenvalue weighted by Gasteiger charge is 2.56. The largest absolute Gasteiger partial charge is 0.437 e. The monoisotopic (exact) mass is 437 g/mol. The van der Waals surface area contributed by atoms with Crippen LogP contribution in [0.4, 0.5) is 10.1 Å². The maximum absolute atomic E-state index is 14.5. The first-order chi connectivity index (χ1) is 14.4. The number of fused-ring (bicyclic) bond motifs is 3. The van der Waals surface area contributed by atoms with Crippen molar-refractivity contribution >= 4 is 40.7 Å². The third-order valence-electron chi connectivity index (χ3n) is 5.62. The van der Waals surface area contributed by atoms with E-state index in [9.17, 15) is 8.96 Å². The van der Waals surface area contributed by atoms with Gasteiger partial charge in [0.05, 0.1) is 10.3 Å². The first-order valence-corrected chi connectivity index (χ1v) is 11.5. The SMILES string of the molecule is C[C@@]1(Nc2ccc(F)c(Cl)c2)c2ccc3ccccc3c2O[P@@]1(=O)c1ccccc1. The van der Waals surface area contributed by atoms with Gasteiger partial charge in [-0.3, -0.25) is 4.57 Å². The van der Waals surface area contributed by atoms with E-state index in [1.165, 1.54) is 12.1 Å². The highest BCUT2D eigenvalue weighted by Crippen LogP contribution is 2.70. The Balaban J connectivity index is 1.75. The molecule has 0 amide bonds. The Morgan fingerprint density at radius 3 is 2.47 bits per heavy atom. The predicted octanol–water partition coefficient (Wildman–Crippen LogP) is 6.91. The Morgan fingerprint density at radius 2 is 1.70 bits per heavy atom. The molecule has 2 atom stereocenters. The van der Waals surface area contributed by atoms with Gasteiger partial charge in [-0.25, -0.2) is 4.39 Å². The van der Waals surface area contributed by atoms with Crippen LogP contribution in [0.5, 0.6) is 5.75 Å². The van der Waals surface area contributed by atoms with Gasteiger partial charge in [-0.15, -0.1) is 0 Å². The van der Waals surface area contributed by atoms with E-state index in [1.807, 2.05) is 73.7 Å². The molecule has 150 valence electrons. The van der Waals surface area contributed by atoms with Crippen LogP contribution in [-0.4, -0.2) is 0 Å². The summed E-state index contributed by atoms with van der Waals surface area (Å²) in [6.45, 7) is 1.86. The van der Waals surface area contributed by atoms with Crippen LogP contribution in [0.2, 0.25) is 5.02 Å². The minimum Gasteiger partial charge on any atom is -0.437 e. The highest BCUT2D eigenvalue weighted by atomic mass is 35.5. The summed E-state index contributed by atoms with van der Waals surface area (Å²) in [4.78, 5) is 0. The molecule has 1 aliphatic heterocycles. The Bertz CT molecular complexity index is 1330. The lowest BCUT2D eigenvalue weighted by atomic mass is 10.0. The zero-order valence-electron chi connectivity index (χ0n) is 16.1. The topological polar surface area (TPSA) is 38.3 Å². The van der Waals surface area contributed by atoms with Crippen molar-refractivity contribution in [3.05, 3.63) is 101 Å². The van der Waals surface area contributed by atoms with Crippen molar-refractivity contribution in [3.63, 3.8) is 0 Å². The molecule has 30 heavy (non-hydrogen) atoms. The van der Waals surface area contributed by atoms with Gasteiger partial charge in [0.2, 0.25) is 0 Å². The van der Waals surface area contributed by atoms with Crippen molar-refractivity contribution in [2.75, 3.05) is 5.32 Å². The van der Waals surface area contributed by atoms with Crippen LogP contribution in [0.1, 0.15) is 12.5 Å². The molecule has 1 N–H and O–H groups in total. The van der Waals surface area contributed by atoms with E-state index >= 15 is 0 Å². The van der Waals surface area contributed by atoms with Crippen LogP contribution in [-0.2, 0) is 9.85 Å². The van der Waals surface area contributed by atoms with E-state index < -0.39 is 18.5 Å². The van der Waals surface area contributed by atoms with E-state index in [1.54, 1.807) is 6.07 Å². The summed E-state index contributed by atoms with van der Waals surface area (Å²) in [6.07, 6.45) is 0. The molecule has 4 aromatic rings. The van der Waals surface area contributed by atoms with Gasteiger partial charge in [0, 0.05) is 16.6 Å². The molecule has 3 nitrogen and oxygen atoms in total. The first-order valence-electron chi connectivity index (χ1n) is 9.53. The third-order valence-corrected chi connectivity index (χ3v) is 8.85. The number of benzene rings is 4. The second kappa shape index (κ2) is 6.87. The van der Waals surface area contributed by atoms with Crippen LogP contribution in [0, 0.1) is 5.82 Å². The average molecular weight is 438 g/mol. The van der Waals surface area contributed by atoms with Crippen LogP contribution >= 0.6 is 19.0 Å². The molecule has 4 aromatic carbocycles. The average Bonchev–Trinajstić information content (AvgIpc) is 2.99. The van der Waals surface area contributed by atoms with Crippen LogP contribution in [0.25, 0.3) is 10.8 Å². The molecule has 1 heterocycles. The van der Waals surface area contributed by atoms with Gasteiger partial charge in [-0.2, -0.15) is 0 Å². The first kappa shape index (κ1) is 19.2. The standard InChI is InChI=1S/C24H18ClFNO2P/c1-24(27-17-12-14-22(26)21(25)15-17)20-13-11-16-7-5-6-10-19(16)23(20)29-30(24,28)18-8-3-2-4-9-18/h2-15,27H,1H3/t24-,30-/m0/s1. The zero-order valence-corrected chi connectivity index (χ0v) is 17.8. The molecule has 0 fully saturated rings. The van der Waals surface area contributed by atoms with E-state index in [4.69, 9.17) is 16.1 Å². The summed E-state index contributed by atoms with van der Waals surface area (Å²) >= 11 is 6.00. The van der Waals surface area contributed by atoms with Gasteiger partial charge in [0.1, 0.15) is 11.6 Å². The summed E-state index contributed by atoms with van der Waals surface area (Å²) in [5.41, 5.74) is 1.35. The molecule has 0 spiro atoms. The molecule has 0 aromatic heterocycles. The van der Waals surface area contributed by atoms with Crippen molar-refractivity contribution in [3.8, 4) is 5.75 Å². The number of hydrogen-bond donors (Lipinski definition) is 1. The van der Waals surface area contributed by atoms with E-state index in [2.05, 4.69) is 5.32 Å². The van der Waals surface area contributed by atoms with Gasteiger partial charge < -0.3 is 9.84 Å². The summed E-state index contributed by atoms with van der Waals surface area (Å²) in [5.74, 6) is 0.0937. The van der Waals surface area contributed by atoms with Crippen molar-refractivity contribution in [2.24, 2.45) is 0 Å². The van der Waals surface area contributed by atoms with Gasteiger partial charge in [0.25, 0.3) is 0 Å². The Labute approximate surface area is 178 Å². The number of hydrogen-bond acceptors (Lipinski definition) is 3. The molecular formula is C24H18ClFNO2P. The van der Waals surface area contributed by atoms with E-state index in [0.717, 1.165) is 16.3 Å². The minimum atomic E-state index is -3.47. The van der Waals surface area contributed by atoms with E-state index in [0.29, 0.717) is 16.7 Å². The molecule has 0 saturated carbocycles. The Morgan fingerprint density at radius 1 is 0.967 bits per heavy atom. The molecule has 0 saturated heterocycles. The Hall–Kier alpha value is -2.81. The fraction of sp³-hybridized carbons (Fsp3) is 0.0833. The number of rotatable bonds is 3. The van der Waals surface area contributed by atoms with Gasteiger partial charge >= 0.3 is 7.37 Å². The zero-order chi connectivity index (χ0) is 20.9.